The average molecular weight is 474 g/mol. The first-order valence-corrected chi connectivity index (χ1v) is 14.7. The molecular weight excluding hydrogens is 463 g/mol. The molecule has 0 fully saturated rings. The van der Waals surface area contributed by atoms with E-state index >= 15 is 0 Å². The molecule has 1 aliphatic heterocycles. The fourth-order valence-corrected chi connectivity index (χ4v) is 16.7. The zero-order chi connectivity index (χ0) is 12.8. The van der Waals surface area contributed by atoms with E-state index in [1.807, 2.05) is 48.5 Å². The Balaban J connectivity index is 2.46. The molecule has 2 aromatic rings. The van der Waals surface area contributed by atoms with Crippen molar-refractivity contribution in [2.24, 2.45) is 4.36 Å². The number of benzene rings is 2. The van der Waals surface area contributed by atoms with E-state index in [1.54, 1.807) is 7.05 Å². The molecule has 3 rings (SSSR count). The van der Waals surface area contributed by atoms with Gasteiger partial charge in [0.2, 0.25) is 0 Å². The van der Waals surface area contributed by atoms with Gasteiger partial charge in [-0.2, -0.15) is 0 Å². The van der Waals surface area contributed by atoms with Gasteiger partial charge in [-0.15, -0.1) is 0 Å². The van der Waals surface area contributed by atoms with Gasteiger partial charge < -0.3 is 0 Å². The Hall–Kier alpha value is -0.437. The number of hydrogen-bond acceptors (Lipinski definition) is 2. The number of halogens is 1. The Kier molecular flexibility index (Phi) is 3.21. The van der Waals surface area contributed by atoms with Crippen molar-refractivity contribution < 1.29 is 4.21 Å². The molecule has 5 heteroatoms. The minimum atomic E-state index is -2.49. The summed E-state index contributed by atoms with van der Waals surface area (Å²) in [7, 11) is 5.83. The van der Waals surface area contributed by atoms with Crippen LogP contribution in [0.1, 0.15) is 0 Å². The van der Waals surface area contributed by atoms with Crippen LogP contribution < -0.4 is 6.54 Å². The summed E-state index contributed by atoms with van der Waals surface area (Å²) in [4.78, 5) is 1.66. The molecule has 0 amide bonds. The van der Waals surface area contributed by atoms with Crippen LogP contribution in [-0.2, 0) is 9.73 Å². The second-order valence-corrected chi connectivity index (χ2v) is 15.1. The molecule has 0 spiro atoms. The summed E-state index contributed by atoms with van der Waals surface area (Å²) < 4.78 is 19.6. The van der Waals surface area contributed by atoms with Gasteiger partial charge in [-0.05, 0) is 0 Å². The normalized spacial score (nSPS) is 16.8. The first-order chi connectivity index (χ1) is 8.68. The van der Waals surface area contributed by atoms with Crippen LogP contribution in [0.5, 0.6) is 0 Å². The van der Waals surface area contributed by atoms with Gasteiger partial charge in [-0.3, -0.25) is 0 Å². The molecule has 0 aromatic heterocycles. The SMILES string of the molecule is CN=S1(=O)c2cccc[c]2[Bi]([Cl])[c]2ccccc21. The van der Waals surface area contributed by atoms with Gasteiger partial charge in [-0.25, -0.2) is 0 Å². The van der Waals surface area contributed by atoms with Gasteiger partial charge in [-0.1, -0.05) is 0 Å². The quantitative estimate of drug-likeness (QED) is 0.537. The average Bonchev–Trinajstić information content (AvgIpc) is 2.45. The second kappa shape index (κ2) is 4.59. The van der Waals surface area contributed by atoms with Gasteiger partial charge in [0.05, 0.1) is 0 Å². The van der Waals surface area contributed by atoms with E-state index < -0.39 is 30.3 Å². The molecule has 0 radical (unpaired) electrons. The maximum absolute atomic E-state index is 13.2. The molecule has 2 aromatic carbocycles. The third-order valence-corrected chi connectivity index (χ3v) is 16.2. The number of fused-ring (bicyclic) bond motifs is 2. The Labute approximate surface area is 118 Å². The summed E-state index contributed by atoms with van der Waals surface area (Å²) in [5, 5.41) is 0. The van der Waals surface area contributed by atoms with Crippen molar-refractivity contribution in [2.75, 3.05) is 7.05 Å². The summed E-state index contributed by atoms with van der Waals surface area (Å²) >= 11 is -2.45. The molecule has 92 valence electrons. The van der Waals surface area contributed by atoms with Gasteiger partial charge >= 0.3 is 119 Å². The number of rotatable bonds is 0. The van der Waals surface area contributed by atoms with Gasteiger partial charge in [0.1, 0.15) is 0 Å². The Bertz CT molecular complexity index is 684. The van der Waals surface area contributed by atoms with Crippen LogP contribution in [0.25, 0.3) is 0 Å². The molecule has 0 N–H and O–H groups in total. The number of hydrogen-bond donors (Lipinski definition) is 0. The Morgan fingerprint density at radius 1 is 1.00 bits per heavy atom. The van der Waals surface area contributed by atoms with Gasteiger partial charge in [0.25, 0.3) is 0 Å². The van der Waals surface area contributed by atoms with Crippen LogP contribution in [0.2, 0.25) is 0 Å². The first-order valence-electron chi connectivity index (χ1n) is 5.48. The molecule has 0 saturated heterocycles. The van der Waals surface area contributed by atoms with Crippen molar-refractivity contribution >= 4 is 45.3 Å². The van der Waals surface area contributed by atoms with E-state index in [1.165, 1.54) is 0 Å². The zero-order valence-corrected chi connectivity index (χ0v) is 14.8. The van der Waals surface area contributed by atoms with E-state index in [0.717, 1.165) is 16.3 Å². The predicted octanol–water partition coefficient (Wildman–Crippen LogP) is 1.86. The summed E-state index contributed by atoms with van der Waals surface area (Å²) in [6.07, 6.45) is 0. The van der Waals surface area contributed by atoms with E-state index in [2.05, 4.69) is 4.36 Å². The topological polar surface area (TPSA) is 29.4 Å². The molecule has 1 heterocycles. The van der Waals surface area contributed by atoms with Crippen molar-refractivity contribution in [3.8, 4) is 0 Å². The van der Waals surface area contributed by atoms with Crippen molar-refractivity contribution in [2.45, 2.75) is 9.79 Å². The summed E-state index contributed by atoms with van der Waals surface area (Å²) in [6.45, 7) is 0. The molecule has 1 aliphatic rings. The monoisotopic (exact) mass is 473 g/mol. The van der Waals surface area contributed by atoms with Crippen molar-refractivity contribution in [1.29, 1.82) is 0 Å². The van der Waals surface area contributed by atoms with Crippen LogP contribution in [0, 0.1) is 0 Å². The van der Waals surface area contributed by atoms with Crippen molar-refractivity contribution in [1.82, 2.24) is 0 Å². The molecule has 0 unspecified atom stereocenters. The summed E-state index contributed by atoms with van der Waals surface area (Å²) in [6, 6.07) is 15.6. The van der Waals surface area contributed by atoms with Crippen LogP contribution in [0.4, 0.5) is 0 Å². The summed E-state index contributed by atoms with van der Waals surface area (Å²) in [5.41, 5.74) is 0. The van der Waals surface area contributed by atoms with Crippen molar-refractivity contribution in [3.63, 3.8) is 0 Å². The molecule has 0 saturated carbocycles. The van der Waals surface area contributed by atoms with Crippen LogP contribution in [-0.4, -0.2) is 31.8 Å². The molecule has 0 atom stereocenters. The first kappa shape index (κ1) is 12.6. The molecule has 18 heavy (non-hydrogen) atoms. The second-order valence-electron chi connectivity index (χ2n) is 3.92. The van der Waals surface area contributed by atoms with E-state index in [4.69, 9.17) is 8.51 Å². The van der Waals surface area contributed by atoms with E-state index in [9.17, 15) is 4.21 Å². The molecule has 0 bridgehead atoms. The fraction of sp³-hybridized carbons (Fsp3) is 0.0769. The van der Waals surface area contributed by atoms with Crippen molar-refractivity contribution in [3.05, 3.63) is 48.5 Å². The number of nitrogens with zero attached hydrogens (tertiary/aromatic N) is 1. The molecule has 2 nitrogen and oxygen atoms in total. The Morgan fingerprint density at radius 2 is 1.44 bits per heavy atom. The minimum absolute atomic E-state index is 0.832. The third-order valence-electron chi connectivity index (χ3n) is 3.01. The van der Waals surface area contributed by atoms with E-state index in [0.29, 0.717) is 0 Å². The van der Waals surface area contributed by atoms with Crippen LogP contribution in [0.15, 0.2) is 62.7 Å². The molecule has 0 aliphatic carbocycles. The predicted molar refractivity (Wildman–Crippen MR) is 76.8 cm³/mol. The Morgan fingerprint density at radius 3 is 1.89 bits per heavy atom. The summed E-state index contributed by atoms with van der Waals surface area (Å²) in [5.74, 6) is 0. The molecular formula is C13H11BiClNOS. The zero-order valence-electron chi connectivity index (χ0n) is 9.71. The van der Waals surface area contributed by atoms with Gasteiger partial charge in [0, 0.05) is 0 Å². The maximum atomic E-state index is 13.2. The van der Waals surface area contributed by atoms with E-state index in [-0.39, 0.29) is 0 Å². The van der Waals surface area contributed by atoms with Crippen LogP contribution >= 0.6 is 8.51 Å². The fourth-order valence-electron chi connectivity index (χ4n) is 2.15. The third kappa shape index (κ3) is 1.66. The van der Waals surface area contributed by atoms with Crippen LogP contribution in [0.3, 0.4) is 0 Å². The van der Waals surface area contributed by atoms with Gasteiger partial charge in [0.15, 0.2) is 0 Å². The standard InChI is InChI=1S/C13H11NOS.Bi.ClH/c1-14-16(15,12-8-4-2-5-9-12)13-10-6-3-7-11-13;;/h2-8,10H,1H3;;1H/q;+1;/p-1.